The predicted molar refractivity (Wildman–Crippen MR) is 102 cm³/mol. The number of furan rings is 1. The standard InChI is InChI=1S/C21H26N2O4/c1-15(2)22-20(24)17-7-9-18(10-8-17)27-14-16-5-3-11-23(13-16)21(25)19-6-4-12-26-19/h4,6-10,12,15-16H,3,5,11,13-14H2,1-2H3,(H,22,24)/t16-/m0/s1. The summed E-state index contributed by atoms with van der Waals surface area (Å²) < 4.78 is 11.1. The second-order valence-electron chi connectivity index (χ2n) is 7.20. The molecule has 144 valence electrons. The van der Waals surface area contributed by atoms with Crippen molar-refractivity contribution in [1.29, 1.82) is 0 Å². The molecule has 1 aromatic carbocycles. The highest BCUT2D eigenvalue weighted by Gasteiger charge is 2.26. The molecule has 1 N–H and O–H groups in total. The maximum absolute atomic E-state index is 12.4. The highest BCUT2D eigenvalue weighted by atomic mass is 16.5. The SMILES string of the molecule is CC(C)NC(=O)c1ccc(OC[C@H]2CCCN(C(=O)c3ccco3)C2)cc1. The van der Waals surface area contributed by atoms with E-state index in [-0.39, 0.29) is 23.8 Å². The van der Waals surface area contributed by atoms with Gasteiger partial charge in [0.15, 0.2) is 5.76 Å². The van der Waals surface area contributed by atoms with E-state index >= 15 is 0 Å². The lowest BCUT2D eigenvalue weighted by Crippen LogP contribution is -2.41. The van der Waals surface area contributed by atoms with E-state index < -0.39 is 0 Å². The molecular weight excluding hydrogens is 344 g/mol. The van der Waals surface area contributed by atoms with Gasteiger partial charge in [0, 0.05) is 30.6 Å². The van der Waals surface area contributed by atoms with Crippen molar-refractivity contribution in [2.45, 2.75) is 32.7 Å². The van der Waals surface area contributed by atoms with Crippen molar-refractivity contribution < 1.29 is 18.7 Å². The van der Waals surface area contributed by atoms with E-state index in [4.69, 9.17) is 9.15 Å². The van der Waals surface area contributed by atoms with Gasteiger partial charge in [-0.15, -0.1) is 0 Å². The number of amides is 2. The van der Waals surface area contributed by atoms with Crippen LogP contribution in [0.5, 0.6) is 5.75 Å². The Hall–Kier alpha value is -2.76. The third-order valence-corrected chi connectivity index (χ3v) is 4.56. The molecule has 0 spiro atoms. The lowest BCUT2D eigenvalue weighted by atomic mass is 9.98. The highest BCUT2D eigenvalue weighted by Crippen LogP contribution is 2.21. The van der Waals surface area contributed by atoms with Crippen LogP contribution < -0.4 is 10.1 Å². The molecule has 1 fully saturated rings. The summed E-state index contributed by atoms with van der Waals surface area (Å²) in [6.07, 6.45) is 3.49. The van der Waals surface area contributed by atoms with Crippen LogP contribution in [0.25, 0.3) is 0 Å². The molecule has 0 unspecified atom stereocenters. The number of nitrogens with one attached hydrogen (secondary N) is 1. The van der Waals surface area contributed by atoms with E-state index in [0.29, 0.717) is 24.5 Å². The number of piperidine rings is 1. The monoisotopic (exact) mass is 370 g/mol. The van der Waals surface area contributed by atoms with Gasteiger partial charge in [0.05, 0.1) is 12.9 Å². The van der Waals surface area contributed by atoms with Crippen LogP contribution in [-0.2, 0) is 0 Å². The topological polar surface area (TPSA) is 71.8 Å². The summed E-state index contributed by atoms with van der Waals surface area (Å²) in [7, 11) is 0. The van der Waals surface area contributed by atoms with Crippen LogP contribution in [0.1, 0.15) is 47.6 Å². The molecule has 2 amide bonds. The van der Waals surface area contributed by atoms with E-state index in [0.717, 1.165) is 25.1 Å². The number of hydrogen-bond donors (Lipinski definition) is 1. The number of benzene rings is 1. The first-order valence-electron chi connectivity index (χ1n) is 9.39. The highest BCUT2D eigenvalue weighted by molar-refractivity contribution is 5.94. The van der Waals surface area contributed by atoms with E-state index in [1.165, 1.54) is 6.26 Å². The van der Waals surface area contributed by atoms with Crippen LogP contribution in [-0.4, -0.2) is 42.5 Å². The van der Waals surface area contributed by atoms with Crippen molar-refractivity contribution >= 4 is 11.8 Å². The first kappa shape index (κ1) is 19.0. The van der Waals surface area contributed by atoms with E-state index in [9.17, 15) is 9.59 Å². The Morgan fingerprint density at radius 3 is 2.70 bits per heavy atom. The van der Waals surface area contributed by atoms with E-state index in [1.54, 1.807) is 24.3 Å². The Labute approximate surface area is 159 Å². The summed E-state index contributed by atoms with van der Waals surface area (Å²) in [6.45, 7) is 5.81. The first-order chi connectivity index (χ1) is 13.0. The van der Waals surface area contributed by atoms with Gasteiger partial charge in [-0.1, -0.05) is 0 Å². The van der Waals surface area contributed by atoms with Crippen molar-refractivity contribution in [3.05, 3.63) is 54.0 Å². The molecule has 3 rings (SSSR count). The molecule has 0 aliphatic carbocycles. The second kappa shape index (κ2) is 8.75. The molecule has 1 aromatic heterocycles. The summed E-state index contributed by atoms with van der Waals surface area (Å²) in [6, 6.07) is 10.7. The molecule has 6 nitrogen and oxygen atoms in total. The third kappa shape index (κ3) is 5.12. The van der Waals surface area contributed by atoms with Crippen molar-refractivity contribution in [1.82, 2.24) is 10.2 Å². The lowest BCUT2D eigenvalue weighted by Gasteiger charge is -2.32. The molecule has 0 saturated carbocycles. The van der Waals surface area contributed by atoms with Crippen LogP contribution in [0.15, 0.2) is 47.1 Å². The van der Waals surface area contributed by atoms with Crippen molar-refractivity contribution in [2.75, 3.05) is 19.7 Å². The fraction of sp³-hybridized carbons (Fsp3) is 0.429. The van der Waals surface area contributed by atoms with Crippen LogP contribution in [0.2, 0.25) is 0 Å². The first-order valence-corrected chi connectivity index (χ1v) is 9.39. The Kier molecular flexibility index (Phi) is 6.16. The fourth-order valence-corrected chi connectivity index (χ4v) is 3.20. The quantitative estimate of drug-likeness (QED) is 0.846. The molecule has 2 heterocycles. The Morgan fingerprint density at radius 1 is 1.26 bits per heavy atom. The normalized spacial score (nSPS) is 17.0. The minimum Gasteiger partial charge on any atom is -0.493 e. The summed E-state index contributed by atoms with van der Waals surface area (Å²) in [5.74, 6) is 1.24. The molecule has 1 aliphatic heterocycles. The zero-order valence-electron chi connectivity index (χ0n) is 15.8. The molecule has 1 aliphatic rings. The number of nitrogens with zero attached hydrogens (tertiary/aromatic N) is 1. The smallest absolute Gasteiger partial charge is 0.289 e. The zero-order chi connectivity index (χ0) is 19.2. The van der Waals surface area contributed by atoms with Crippen LogP contribution in [0, 0.1) is 5.92 Å². The summed E-state index contributed by atoms with van der Waals surface area (Å²) in [5.41, 5.74) is 0.615. The number of ether oxygens (including phenoxy) is 1. The van der Waals surface area contributed by atoms with Gasteiger partial charge in [0.25, 0.3) is 11.8 Å². The van der Waals surface area contributed by atoms with Gasteiger partial charge < -0.3 is 19.4 Å². The largest absolute Gasteiger partial charge is 0.493 e. The summed E-state index contributed by atoms with van der Waals surface area (Å²) >= 11 is 0. The van der Waals surface area contributed by atoms with Crippen LogP contribution >= 0.6 is 0 Å². The average Bonchev–Trinajstić information content (AvgIpc) is 3.20. The minimum atomic E-state index is -0.0871. The Bertz CT molecular complexity index is 753. The predicted octanol–water partition coefficient (Wildman–Crippen LogP) is 3.35. The lowest BCUT2D eigenvalue weighted by molar-refractivity contribution is 0.0602. The maximum atomic E-state index is 12.4. The molecular formula is C21H26N2O4. The van der Waals surface area contributed by atoms with Crippen molar-refractivity contribution in [3.8, 4) is 5.75 Å². The second-order valence-corrected chi connectivity index (χ2v) is 7.20. The van der Waals surface area contributed by atoms with Crippen LogP contribution in [0.4, 0.5) is 0 Å². The fourth-order valence-electron chi connectivity index (χ4n) is 3.20. The number of hydrogen-bond acceptors (Lipinski definition) is 4. The molecule has 0 radical (unpaired) electrons. The van der Waals surface area contributed by atoms with Crippen molar-refractivity contribution in [3.63, 3.8) is 0 Å². The third-order valence-electron chi connectivity index (χ3n) is 4.56. The Morgan fingerprint density at radius 2 is 2.04 bits per heavy atom. The van der Waals surface area contributed by atoms with Gasteiger partial charge in [0.2, 0.25) is 0 Å². The number of carbonyl (C=O) groups is 2. The van der Waals surface area contributed by atoms with E-state index in [2.05, 4.69) is 5.32 Å². The van der Waals surface area contributed by atoms with E-state index in [1.807, 2.05) is 30.9 Å². The molecule has 27 heavy (non-hydrogen) atoms. The summed E-state index contributed by atoms with van der Waals surface area (Å²) in [5, 5.41) is 2.86. The number of rotatable bonds is 6. The molecule has 0 bridgehead atoms. The van der Waals surface area contributed by atoms with Crippen molar-refractivity contribution in [2.24, 2.45) is 5.92 Å². The average molecular weight is 370 g/mol. The maximum Gasteiger partial charge on any atom is 0.289 e. The summed E-state index contributed by atoms with van der Waals surface area (Å²) in [4.78, 5) is 26.2. The molecule has 1 saturated heterocycles. The molecule has 1 atom stereocenters. The molecule has 2 aromatic rings. The number of carbonyl (C=O) groups excluding carboxylic acids is 2. The van der Waals surface area contributed by atoms with Gasteiger partial charge in [0.1, 0.15) is 5.75 Å². The van der Waals surface area contributed by atoms with Gasteiger partial charge in [-0.25, -0.2) is 0 Å². The zero-order valence-corrected chi connectivity index (χ0v) is 15.8. The molecule has 6 heteroatoms. The number of likely N-dealkylation sites (tertiary alicyclic amines) is 1. The van der Waals surface area contributed by atoms with Gasteiger partial charge in [-0.2, -0.15) is 0 Å². The Balaban J connectivity index is 1.51. The van der Waals surface area contributed by atoms with Crippen LogP contribution in [0.3, 0.4) is 0 Å². The minimum absolute atomic E-state index is 0.0646. The van der Waals surface area contributed by atoms with Gasteiger partial charge >= 0.3 is 0 Å². The van der Waals surface area contributed by atoms with Gasteiger partial charge in [-0.05, 0) is 63.1 Å². The van der Waals surface area contributed by atoms with Gasteiger partial charge in [-0.3, -0.25) is 9.59 Å².